The predicted molar refractivity (Wildman–Crippen MR) is 69.0 cm³/mol. The summed E-state index contributed by atoms with van der Waals surface area (Å²) in [6.07, 6.45) is 3.58. The van der Waals surface area contributed by atoms with Crippen molar-refractivity contribution < 1.29 is 19.8 Å². The summed E-state index contributed by atoms with van der Waals surface area (Å²) in [4.78, 5) is 22.7. The number of hydrogen-bond acceptors (Lipinski definition) is 3. The van der Waals surface area contributed by atoms with E-state index in [0.29, 0.717) is 6.42 Å². The van der Waals surface area contributed by atoms with Crippen molar-refractivity contribution in [3.63, 3.8) is 0 Å². The SMILES string of the molecule is Cc1ccc(C(=O)NC2C=CC(C(=O)O)C2)c(O)c1. The molecule has 0 spiro atoms. The van der Waals surface area contributed by atoms with Crippen molar-refractivity contribution in [2.45, 2.75) is 19.4 Å². The summed E-state index contributed by atoms with van der Waals surface area (Å²) >= 11 is 0. The molecule has 5 nitrogen and oxygen atoms in total. The first kappa shape index (κ1) is 13.1. The van der Waals surface area contributed by atoms with Crippen molar-refractivity contribution in [2.75, 3.05) is 0 Å². The number of amides is 1. The Kier molecular flexibility index (Phi) is 3.55. The van der Waals surface area contributed by atoms with Crippen LogP contribution in [0, 0.1) is 12.8 Å². The standard InChI is InChI=1S/C14H15NO4/c1-8-2-5-11(12(16)6-8)13(17)15-10-4-3-9(7-10)14(18)19/h2-6,9-10,16H,7H2,1H3,(H,15,17)(H,18,19). The van der Waals surface area contributed by atoms with Gasteiger partial charge in [-0.15, -0.1) is 0 Å². The average Bonchev–Trinajstić information content (AvgIpc) is 2.77. The predicted octanol–water partition coefficient (Wildman–Crippen LogP) is 1.46. The van der Waals surface area contributed by atoms with Crippen LogP contribution in [0.3, 0.4) is 0 Å². The van der Waals surface area contributed by atoms with E-state index in [4.69, 9.17) is 5.11 Å². The number of aliphatic carboxylic acids is 1. The highest BCUT2D eigenvalue weighted by Crippen LogP contribution is 2.21. The number of aromatic hydroxyl groups is 1. The molecule has 100 valence electrons. The monoisotopic (exact) mass is 261 g/mol. The molecule has 0 fully saturated rings. The quantitative estimate of drug-likeness (QED) is 0.719. The molecule has 0 saturated heterocycles. The minimum atomic E-state index is -0.897. The highest BCUT2D eigenvalue weighted by molar-refractivity contribution is 5.97. The molecule has 3 N–H and O–H groups in total. The van der Waals surface area contributed by atoms with E-state index in [2.05, 4.69) is 5.32 Å². The fourth-order valence-electron chi connectivity index (χ4n) is 2.07. The molecule has 5 heteroatoms. The van der Waals surface area contributed by atoms with Gasteiger partial charge in [0.2, 0.25) is 0 Å². The van der Waals surface area contributed by atoms with Crippen LogP contribution in [0.5, 0.6) is 5.75 Å². The van der Waals surface area contributed by atoms with Crippen molar-refractivity contribution in [2.24, 2.45) is 5.92 Å². The summed E-state index contributed by atoms with van der Waals surface area (Å²) in [6.45, 7) is 1.82. The molecule has 19 heavy (non-hydrogen) atoms. The minimum Gasteiger partial charge on any atom is -0.507 e. The van der Waals surface area contributed by atoms with E-state index >= 15 is 0 Å². The van der Waals surface area contributed by atoms with E-state index in [-0.39, 0.29) is 17.4 Å². The highest BCUT2D eigenvalue weighted by Gasteiger charge is 2.26. The van der Waals surface area contributed by atoms with Gasteiger partial charge >= 0.3 is 5.97 Å². The summed E-state index contributed by atoms with van der Waals surface area (Å²) in [5.41, 5.74) is 1.05. The molecular formula is C14H15NO4. The third kappa shape index (κ3) is 2.93. The number of carboxylic acids is 1. The van der Waals surface area contributed by atoms with Gasteiger partial charge in [0.25, 0.3) is 5.91 Å². The number of benzene rings is 1. The molecule has 0 aromatic heterocycles. The molecule has 1 aromatic carbocycles. The first-order chi connectivity index (χ1) is 8.97. The van der Waals surface area contributed by atoms with Gasteiger partial charge in [-0.2, -0.15) is 0 Å². The van der Waals surface area contributed by atoms with Crippen LogP contribution in [0.4, 0.5) is 0 Å². The van der Waals surface area contributed by atoms with Gasteiger partial charge in [-0.3, -0.25) is 9.59 Å². The Balaban J connectivity index is 2.03. The molecule has 0 bridgehead atoms. The number of phenolic OH excluding ortho intramolecular Hbond substituents is 1. The first-order valence-corrected chi connectivity index (χ1v) is 5.99. The molecule has 2 unspecified atom stereocenters. The maximum atomic E-state index is 12.0. The van der Waals surface area contributed by atoms with Crippen molar-refractivity contribution in [1.29, 1.82) is 0 Å². The van der Waals surface area contributed by atoms with Crippen LogP contribution in [0.25, 0.3) is 0 Å². The Bertz CT molecular complexity index is 550. The van der Waals surface area contributed by atoms with Crippen LogP contribution in [0.2, 0.25) is 0 Å². The number of carbonyl (C=O) groups is 2. The molecule has 2 atom stereocenters. The van der Waals surface area contributed by atoms with Gasteiger partial charge in [0.05, 0.1) is 11.5 Å². The summed E-state index contributed by atoms with van der Waals surface area (Å²) in [6, 6.07) is 4.49. The van der Waals surface area contributed by atoms with E-state index in [0.717, 1.165) is 5.56 Å². The number of aryl methyl sites for hydroxylation is 1. The van der Waals surface area contributed by atoms with Gasteiger partial charge in [0.15, 0.2) is 0 Å². The number of carbonyl (C=O) groups excluding carboxylic acids is 1. The molecule has 1 amide bonds. The van der Waals surface area contributed by atoms with Gasteiger partial charge in [0, 0.05) is 6.04 Å². The van der Waals surface area contributed by atoms with E-state index in [1.807, 2.05) is 6.92 Å². The van der Waals surface area contributed by atoms with Crippen LogP contribution in [0.1, 0.15) is 22.3 Å². The Morgan fingerprint density at radius 2 is 2.05 bits per heavy atom. The van der Waals surface area contributed by atoms with Crippen LogP contribution in [0.15, 0.2) is 30.4 Å². The van der Waals surface area contributed by atoms with Gasteiger partial charge in [-0.1, -0.05) is 18.2 Å². The molecule has 0 saturated carbocycles. The topological polar surface area (TPSA) is 86.6 Å². The largest absolute Gasteiger partial charge is 0.507 e. The van der Waals surface area contributed by atoms with E-state index in [9.17, 15) is 14.7 Å². The maximum Gasteiger partial charge on any atom is 0.310 e. The van der Waals surface area contributed by atoms with Crippen LogP contribution in [-0.2, 0) is 4.79 Å². The second-order valence-corrected chi connectivity index (χ2v) is 4.67. The Morgan fingerprint density at radius 1 is 1.32 bits per heavy atom. The molecule has 0 radical (unpaired) electrons. The molecule has 1 aromatic rings. The van der Waals surface area contributed by atoms with E-state index in [1.165, 1.54) is 6.07 Å². The number of hydrogen-bond donors (Lipinski definition) is 3. The lowest BCUT2D eigenvalue weighted by Crippen LogP contribution is -2.33. The normalized spacial score (nSPS) is 21.3. The second kappa shape index (κ2) is 5.14. The number of nitrogens with one attached hydrogen (secondary N) is 1. The zero-order valence-corrected chi connectivity index (χ0v) is 10.5. The summed E-state index contributed by atoms with van der Waals surface area (Å²) < 4.78 is 0. The highest BCUT2D eigenvalue weighted by atomic mass is 16.4. The number of carboxylic acid groups (broad SMARTS) is 1. The fourth-order valence-corrected chi connectivity index (χ4v) is 2.07. The molecular weight excluding hydrogens is 246 g/mol. The Morgan fingerprint density at radius 3 is 2.63 bits per heavy atom. The lowest BCUT2D eigenvalue weighted by atomic mass is 10.1. The summed E-state index contributed by atoms with van der Waals surface area (Å²) in [5.74, 6) is -1.93. The van der Waals surface area contributed by atoms with Crippen molar-refractivity contribution >= 4 is 11.9 Å². The van der Waals surface area contributed by atoms with Gasteiger partial charge in [-0.25, -0.2) is 0 Å². The fraction of sp³-hybridized carbons (Fsp3) is 0.286. The lowest BCUT2D eigenvalue weighted by Gasteiger charge is -2.13. The van der Waals surface area contributed by atoms with Gasteiger partial charge < -0.3 is 15.5 Å². The summed E-state index contributed by atoms with van der Waals surface area (Å²) in [5, 5.41) is 21.2. The Labute approximate surface area is 110 Å². The van der Waals surface area contributed by atoms with Crippen molar-refractivity contribution in [3.05, 3.63) is 41.5 Å². The van der Waals surface area contributed by atoms with Crippen molar-refractivity contribution in [1.82, 2.24) is 5.32 Å². The number of rotatable bonds is 3. The molecule has 1 aliphatic rings. The van der Waals surface area contributed by atoms with Crippen LogP contribution in [-0.4, -0.2) is 28.1 Å². The van der Waals surface area contributed by atoms with Crippen LogP contribution < -0.4 is 5.32 Å². The van der Waals surface area contributed by atoms with Gasteiger partial charge in [0.1, 0.15) is 5.75 Å². The summed E-state index contributed by atoms with van der Waals surface area (Å²) in [7, 11) is 0. The van der Waals surface area contributed by atoms with E-state index < -0.39 is 17.8 Å². The van der Waals surface area contributed by atoms with Gasteiger partial charge in [-0.05, 0) is 31.0 Å². The maximum absolute atomic E-state index is 12.0. The third-order valence-corrected chi connectivity index (χ3v) is 3.12. The molecule has 0 aliphatic heterocycles. The first-order valence-electron chi connectivity index (χ1n) is 5.99. The zero-order valence-electron chi connectivity index (χ0n) is 10.5. The number of phenols is 1. The van der Waals surface area contributed by atoms with E-state index in [1.54, 1.807) is 24.3 Å². The smallest absolute Gasteiger partial charge is 0.310 e. The lowest BCUT2D eigenvalue weighted by molar-refractivity contribution is -0.140. The molecule has 1 aliphatic carbocycles. The second-order valence-electron chi connectivity index (χ2n) is 4.67. The van der Waals surface area contributed by atoms with Crippen LogP contribution >= 0.6 is 0 Å². The zero-order chi connectivity index (χ0) is 14.0. The van der Waals surface area contributed by atoms with Crippen molar-refractivity contribution in [3.8, 4) is 5.75 Å². The average molecular weight is 261 g/mol. The minimum absolute atomic E-state index is 0.0748. The molecule has 0 heterocycles. The Hall–Kier alpha value is -2.30. The third-order valence-electron chi connectivity index (χ3n) is 3.12. The molecule has 2 rings (SSSR count).